The highest BCUT2D eigenvalue weighted by molar-refractivity contribution is 5.87. The van der Waals surface area contributed by atoms with Gasteiger partial charge in [0, 0.05) is 6.42 Å². The van der Waals surface area contributed by atoms with E-state index in [0.717, 1.165) is 0 Å². The lowest BCUT2D eigenvalue weighted by Gasteiger charge is -2.03. The van der Waals surface area contributed by atoms with Gasteiger partial charge in [0.25, 0.3) is 0 Å². The predicted octanol–water partition coefficient (Wildman–Crippen LogP) is 0.203. The summed E-state index contributed by atoms with van der Waals surface area (Å²) in [7, 11) is 0. The molecule has 0 amide bonds. The highest BCUT2D eigenvalue weighted by atomic mass is 16.6. The Hall–Kier alpha value is -0.900. The van der Waals surface area contributed by atoms with E-state index < -0.39 is 18.0 Å². The van der Waals surface area contributed by atoms with Gasteiger partial charge in [-0.2, -0.15) is 0 Å². The van der Waals surface area contributed by atoms with Crippen molar-refractivity contribution in [2.24, 2.45) is 5.73 Å². The zero-order chi connectivity index (χ0) is 8.85. The minimum Gasteiger partial charge on any atom is -0.392 e. The molecule has 0 aliphatic heterocycles. The van der Waals surface area contributed by atoms with Crippen molar-refractivity contribution in [2.75, 3.05) is 0 Å². The van der Waals surface area contributed by atoms with Gasteiger partial charge in [-0.15, -0.1) is 0 Å². The Morgan fingerprint density at radius 3 is 2.45 bits per heavy atom. The number of hydrogen-bond acceptors (Lipinski definition) is 4. The van der Waals surface area contributed by atoms with Crippen molar-refractivity contribution in [1.82, 2.24) is 0 Å². The van der Waals surface area contributed by atoms with E-state index in [9.17, 15) is 9.59 Å². The summed E-state index contributed by atoms with van der Waals surface area (Å²) >= 11 is 0. The van der Waals surface area contributed by atoms with Gasteiger partial charge in [0.2, 0.25) is 0 Å². The van der Waals surface area contributed by atoms with Crippen LogP contribution in [0.5, 0.6) is 0 Å². The minimum absolute atomic E-state index is 0.262. The quantitative estimate of drug-likeness (QED) is 0.472. The van der Waals surface area contributed by atoms with E-state index in [1.165, 1.54) is 6.92 Å². The Bertz CT molecular complexity index is 154. The molecule has 0 aromatic carbocycles. The van der Waals surface area contributed by atoms with E-state index in [1.807, 2.05) is 6.92 Å². The van der Waals surface area contributed by atoms with Gasteiger partial charge in [-0.3, -0.25) is 4.79 Å². The van der Waals surface area contributed by atoms with Crippen LogP contribution in [0.4, 0.5) is 0 Å². The smallest absolute Gasteiger partial charge is 0.330 e. The van der Waals surface area contributed by atoms with Crippen molar-refractivity contribution in [3.8, 4) is 0 Å². The van der Waals surface area contributed by atoms with E-state index in [-0.39, 0.29) is 6.42 Å². The number of carbonyl (C=O) groups excluding carboxylic acids is 2. The Morgan fingerprint density at radius 2 is 2.09 bits per heavy atom. The first-order valence-electron chi connectivity index (χ1n) is 3.58. The molecule has 0 saturated carbocycles. The van der Waals surface area contributed by atoms with E-state index in [2.05, 4.69) is 4.74 Å². The van der Waals surface area contributed by atoms with Crippen LogP contribution < -0.4 is 5.73 Å². The van der Waals surface area contributed by atoms with Crippen molar-refractivity contribution in [2.45, 2.75) is 32.7 Å². The summed E-state index contributed by atoms with van der Waals surface area (Å²) in [6.45, 7) is 3.30. The van der Waals surface area contributed by atoms with E-state index in [0.29, 0.717) is 6.42 Å². The van der Waals surface area contributed by atoms with Gasteiger partial charge in [-0.1, -0.05) is 6.92 Å². The first-order chi connectivity index (χ1) is 5.07. The van der Waals surface area contributed by atoms with Gasteiger partial charge in [0.05, 0.1) is 0 Å². The van der Waals surface area contributed by atoms with Crippen molar-refractivity contribution in [3.05, 3.63) is 0 Å². The Balaban J connectivity index is 3.67. The molecule has 0 aromatic rings. The molecule has 0 aliphatic carbocycles. The largest absolute Gasteiger partial charge is 0.392 e. The molecule has 2 N–H and O–H groups in total. The molecule has 0 saturated heterocycles. The second kappa shape index (κ2) is 4.85. The van der Waals surface area contributed by atoms with Crippen LogP contribution >= 0.6 is 0 Å². The third-order valence-electron chi connectivity index (χ3n) is 1.04. The molecule has 4 nitrogen and oxygen atoms in total. The molecule has 4 heteroatoms. The summed E-state index contributed by atoms with van der Waals surface area (Å²) < 4.78 is 4.35. The number of ether oxygens (including phenoxy) is 1. The summed E-state index contributed by atoms with van der Waals surface area (Å²) in [4.78, 5) is 21.3. The molecule has 0 rings (SSSR count). The van der Waals surface area contributed by atoms with Crippen LogP contribution in [0.25, 0.3) is 0 Å². The molecule has 1 atom stereocenters. The maximum absolute atomic E-state index is 10.7. The van der Waals surface area contributed by atoms with Crippen LogP contribution in [-0.2, 0) is 14.3 Å². The molecule has 64 valence electrons. The Kier molecular flexibility index (Phi) is 4.45. The maximum Gasteiger partial charge on any atom is 0.330 e. The lowest BCUT2D eigenvalue weighted by Crippen LogP contribution is -2.30. The molecular formula is C7H13NO3. The van der Waals surface area contributed by atoms with Crippen LogP contribution in [0, 0.1) is 0 Å². The fourth-order valence-electron chi connectivity index (χ4n) is 0.460. The average molecular weight is 159 g/mol. The highest BCUT2D eigenvalue weighted by Gasteiger charge is 2.12. The number of esters is 2. The average Bonchev–Trinajstić information content (AvgIpc) is 1.87. The molecule has 0 bridgehead atoms. The SMILES string of the molecule is CCCC(=O)OC(=O)[C@H](C)N. The lowest BCUT2D eigenvalue weighted by molar-refractivity contribution is -0.160. The van der Waals surface area contributed by atoms with E-state index in [1.54, 1.807) is 0 Å². The van der Waals surface area contributed by atoms with Crippen molar-refractivity contribution in [1.29, 1.82) is 0 Å². The number of carbonyl (C=O) groups is 2. The second-order valence-corrected chi connectivity index (χ2v) is 2.33. The van der Waals surface area contributed by atoms with Gasteiger partial charge in [0.15, 0.2) is 0 Å². The van der Waals surface area contributed by atoms with Crippen LogP contribution in [0.2, 0.25) is 0 Å². The molecule has 0 unspecified atom stereocenters. The molecule has 0 heterocycles. The fourth-order valence-corrected chi connectivity index (χ4v) is 0.460. The van der Waals surface area contributed by atoms with E-state index in [4.69, 9.17) is 5.73 Å². The lowest BCUT2D eigenvalue weighted by atomic mass is 10.3. The topological polar surface area (TPSA) is 69.4 Å². The third kappa shape index (κ3) is 4.50. The standard InChI is InChI=1S/C7H13NO3/c1-3-4-6(9)11-7(10)5(2)8/h5H,3-4,8H2,1-2H3/t5-/m0/s1. The molecule has 0 aliphatic rings. The van der Waals surface area contributed by atoms with Crippen LogP contribution in [-0.4, -0.2) is 18.0 Å². The van der Waals surface area contributed by atoms with Crippen LogP contribution in [0.15, 0.2) is 0 Å². The maximum atomic E-state index is 10.7. The zero-order valence-corrected chi connectivity index (χ0v) is 6.79. The van der Waals surface area contributed by atoms with Crippen LogP contribution in [0.1, 0.15) is 26.7 Å². The first-order valence-corrected chi connectivity index (χ1v) is 3.58. The highest BCUT2D eigenvalue weighted by Crippen LogP contribution is 1.93. The minimum atomic E-state index is -0.726. The van der Waals surface area contributed by atoms with Crippen molar-refractivity contribution < 1.29 is 14.3 Å². The van der Waals surface area contributed by atoms with Crippen LogP contribution in [0.3, 0.4) is 0 Å². The predicted molar refractivity (Wildman–Crippen MR) is 39.7 cm³/mol. The first kappa shape index (κ1) is 10.1. The van der Waals surface area contributed by atoms with Crippen molar-refractivity contribution >= 4 is 11.9 Å². The van der Waals surface area contributed by atoms with Gasteiger partial charge in [-0.05, 0) is 13.3 Å². The van der Waals surface area contributed by atoms with Gasteiger partial charge in [-0.25, -0.2) is 4.79 Å². The van der Waals surface area contributed by atoms with Gasteiger partial charge >= 0.3 is 11.9 Å². The van der Waals surface area contributed by atoms with Gasteiger partial charge in [0.1, 0.15) is 6.04 Å². The summed E-state index contributed by atoms with van der Waals surface area (Å²) in [5, 5.41) is 0. The molecule has 0 fully saturated rings. The number of rotatable bonds is 3. The van der Waals surface area contributed by atoms with Crippen molar-refractivity contribution in [3.63, 3.8) is 0 Å². The molecular weight excluding hydrogens is 146 g/mol. The second-order valence-electron chi connectivity index (χ2n) is 2.33. The summed E-state index contributed by atoms with van der Waals surface area (Å²) in [5.41, 5.74) is 5.15. The molecule has 0 aromatic heterocycles. The summed E-state index contributed by atoms with van der Waals surface area (Å²) in [6, 6.07) is -0.726. The van der Waals surface area contributed by atoms with E-state index >= 15 is 0 Å². The Morgan fingerprint density at radius 1 is 1.55 bits per heavy atom. The number of nitrogens with two attached hydrogens (primary N) is 1. The van der Waals surface area contributed by atoms with Gasteiger partial charge < -0.3 is 10.5 Å². The monoisotopic (exact) mass is 159 g/mol. The molecule has 0 radical (unpaired) electrons. The number of hydrogen-bond donors (Lipinski definition) is 1. The Labute approximate surface area is 65.7 Å². The molecule has 11 heavy (non-hydrogen) atoms. The third-order valence-corrected chi connectivity index (χ3v) is 1.04. The summed E-state index contributed by atoms with van der Waals surface area (Å²) in [5.74, 6) is -1.17. The summed E-state index contributed by atoms with van der Waals surface area (Å²) in [6.07, 6.45) is 0.934. The molecule has 0 spiro atoms. The normalized spacial score (nSPS) is 12.3. The fraction of sp³-hybridized carbons (Fsp3) is 0.714. The zero-order valence-electron chi connectivity index (χ0n) is 6.79.